The normalized spacial score (nSPS) is 14.3. The summed E-state index contributed by atoms with van der Waals surface area (Å²) >= 11 is 0. The maximum atomic E-state index is 6.33. The van der Waals surface area contributed by atoms with Gasteiger partial charge in [0.25, 0.3) is 0 Å². The van der Waals surface area contributed by atoms with Crippen LogP contribution in [0.1, 0.15) is 25.0 Å². The Morgan fingerprint density at radius 3 is 2.19 bits per heavy atom. The molecule has 1 nitrogen and oxygen atoms in total. The lowest BCUT2D eigenvalue weighted by Crippen LogP contribution is -2.15. The summed E-state index contributed by atoms with van der Waals surface area (Å²) in [5.41, 5.74) is 10.3. The molecule has 1 heterocycles. The first kappa shape index (κ1) is 19.9. The molecule has 0 unspecified atom stereocenters. The summed E-state index contributed by atoms with van der Waals surface area (Å²) in [4.78, 5) is 0. The van der Waals surface area contributed by atoms with E-state index < -0.39 is 0 Å². The molecule has 0 aromatic heterocycles. The third-order valence-corrected chi connectivity index (χ3v) is 8.23. The number of hydrogen-bond acceptors (Lipinski definition) is 1. The average Bonchev–Trinajstić information content (AvgIpc) is 3.15. The van der Waals surface area contributed by atoms with Gasteiger partial charge in [-0.25, -0.2) is 0 Å². The monoisotopic (exact) mass is 460 g/mol. The molecular weight excluding hydrogens is 436 g/mol. The van der Waals surface area contributed by atoms with E-state index in [2.05, 4.69) is 123 Å². The van der Waals surface area contributed by atoms with Crippen molar-refractivity contribution in [3.8, 4) is 44.9 Å². The lowest BCUT2D eigenvalue weighted by Gasteiger charge is -2.24. The van der Waals surface area contributed by atoms with Crippen molar-refractivity contribution in [3.05, 3.63) is 120 Å². The first-order chi connectivity index (χ1) is 17.6. The van der Waals surface area contributed by atoms with E-state index in [-0.39, 0.29) is 5.41 Å². The summed E-state index contributed by atoms with van der Waals surface area (Å²) < 4.78 is 6.33. The van der Waals surface area contributed by atoms with Crippen LogP contribution in [0.2, 0.25) is 0 Å². The van der Waals surface area contributed by atoms with Gasteiger partial charge < -0.3 is 4.74 Å². The quantitative estimate of drug-likeness (QED) is 0.237. The maximum absolute atomic E-state index is 6.33. The summed E-state index contributed by atoms with van der Waals surface area (Å²) in [7, 11) is 0. The predicted molar refractivity (Wildman–Crippen MR) is 150 cm³/mol. The summed E-state index contributed by atoms with van der Waals surface area (Å²) in [6, 6.07) is 39.7. The molecule has 0 atom stereocenters. The van der Waals surface area contributed by atoms with Crippen LogP contribution in [-0.4, -0.2) is 0 Å². The van der Waals surface area contributed by atoms with Gasteiger partial charge in [-0.15, -0.1) is 0 Å². The molecule has 0 amide bonds. The van der Waals surface area contributed by atoms with Crippen molar-refractivity contribution in [3.63, 3.8) is 0 Å². The molecule has 6 aromatic carbocycles. The molecule has 0 saturated carbocycles. The molecule has 0 spiro atoms. The van der Waals surface area contributed by atoms with Crippen LogP contribution in [0.4, 0.5) is 0 Å². The molecular formula is C35H24O. The van der Waals surface area contributed by atoms with E-state index in [0.29, 0.717) is 0 Å². The number of fused-ring (bicyclic) bond motifs is 7. The van der Waals surface area contributed by atoms with E-state index in [1.807, 2.05) is 0 Å². The van der Waals surface area contributed by atoms with E-state index in [0.717, 1.165) is 17.1 Å². The van der Waals surface area contributed by atoms with Gasteiger partial charge in [0.15, 0.2) is 0 Å². The number of ether oxygens (including phenoxy) is 1. The van der Waals surface area contributed by atoms with E-state index in [4.69, 9.17) is 4.74 Å². The van der Waals surface area contributed by atoms with Gasteiger partial charge in [-0.1, -0.05) is 98.8 Å². The van der Waals surface area contributed by atoms with Gasteiger partial charge in [-0.2, -0.15) is 0 Å². The van der Waals surface area contributed by atoms with Gasteiger partial charge in [0.1, 0.15) is 11.5 Å². The van der Waals surface area contributed by atoms with Crippen LogP contribution in [0.25, 0.3) is 54.9 Å². The van der Waals surface area contributed by atoms with E-state index >= 15 is 0 Å². The van der Waals surface area contributed by atoms with Gasteiger partial charge in [-0.3, -0.25) is 0 Å². The molecule has 36 heavy (non-hydrogen) atoms. The van der Waals surface area contributed by atoms with Crippen molar-refractivity contribution in [2.75, 3.05) is 0 Å². The Balaban J connectivity index is 1.30. The fourth-order valence-electron chi connectivity index (χ4n) is 6.52. The van der Waals surface area contributed by atoms with E-state index in [1.54, 1.807) is 0 Å². The molecule has 8 rings (SSSR count). The van der Waals surface area contributed by atoms with Crippen molar-refractivity contribution in [1.82, 2.24) is 0 Å². The fourth-order valence-corrected chi connectivity index (χ4v) is 6.52. The number of hydrogen-bond donors (Lipinski definition) is 0. The third-order valence-electron chi connectivity index (χ3n) is 8.23. The lowest BCUT2D eigenvalue weighted by atomic mass is 9.79. The zero-order chi connectivity index (χ0) is 24.0. The second-order valence-corrected chi connectivity index (χ2v) is 10.6. The summed E-state index contributed by atoms with van der Waals surface area (Å²) in [5, 5.41) is 5.07. The average molecular weight is 461 g/mol. The smallest absolute Gasteiger partial charge is 0.135 e. The minimum atomic E-state index is -0.0661. The zero-order valence-corrected chi connectivity index (χ0v) is 20.3. The maximum Gasteiger partial charge on any atom is 0.135 e. The highest BCUT2D eigenvalue weighted by atomic mass is 16.5. The molecule has 0 bridgehead atoms. The van der Waals surface area contributed by atoms with Crippen LogP contribution in [0.15, 0.2) is 109 Å². The van der Waals surface area contributed by atoms with Crippen LogP contribution in [0, 0.1) is 0 Å². The van der Waals surface area contributed by atoms with E-state index in [9.17, 15) is 0 Å². The van der Waals surface area contributed by atoms with Crippen molar-refractivity contribution in [2.45, 2.75) is 19.3 Å². The highest BCUT2D eigenvalue weighted by Crippen LogP contribution is 2.53. The number of rotatable bonds is 1. The summed E-state index contributed by atoms with van der Waals surface area (Å²) in [5.74, 6) is 1.86. The largest absolute Gasteiger partial charge is 0.456 e. The van der Waals surface area contributed by atoms with Gasteiger partial charge in [0.05, 0.1) is 0 Å². The zero-order valence-electron chi connectivity index (χ0n) is 20.3. The molecule has 2 aliphatic rings. The first-order valence-electron chi connectivity index (χ1n) is 12.6. The highest BCUT2D eigenvalue weighted by molar-refractivity contribution is 6.04. The molecule has 1 heteroatoms. The number of benzene rings is 6. The molecule has 6 aromatic rings. The van der Waals surface area contributed by atoms with Crippen molar-refractivity contribution >= 4 is 21.5 Å². The fraction of sp³-hybridized carbons (Fsp3) is 0.0857. The van der Waals surface area contributed by atoms with Crippen molar-refractivity contribution < 1.29 is 4.74 Å². The van der Waals surface area contributed by atoms with Gasteiger partial charge in [0, 0.05) is 16.4 Å². The van der Waals surface area contributed by atoms with Crippen LogP contribution in [0.5, 0.6) is 11.5 Å². The molecule has 0 radical (unpaired) electrons. The SMILES string of the molecule is CC1(C)c2cc(-c3ccc4c(c3)-c3cccc5cccc(c35)O4)ccc2-c2ccc3ccccc3c21. The standard InChI is InChI=1S/C35H24O/c1-35(2)30-20-24(14-16-26(30)28-17-13-21-7-3-4-10-25(21)34(28)35)23-15-18-31-29(19-23)27-11-5-8-22-9-6-12-32(36-31)33(22)27/h3-20H,1-2H3. The molecule has 1 aliphatic carbocycles. The van der Waals surface area contributed by atoms with E-state index in [1.165, 1.54) is 60.5 Å². The lowest BCUT2D eigenvalue weighted by molar-refractivity contribution is 0.487. The Labute approximate surface area is 210 Å². The van der Waals surface area contributed by atoms with Crippen molar-refractivity contribution in [1.29, 1.82) is 0 Å². The second kappa shape index (κ2) is 6.86. The Hall–Kier alpha value is -4.36. The minimum absolute atomic E-state index is 0.0661. The topological polar surface area (TPSA) is 9.23 Å². The Morgan fingerprint density at radius 2 is 1.28 bits per heavy atom. The Kier molecular flexibility index (Phi) is 3.79. The Morgan fingerprint density at radius 1 is 0.528 bits per heavy atom. The van der Waals surface area contributed by atoms with Crippen LogP contribution in [-0.2, 0) is 5.41 Å². The van der Waals surface area contributed by atoms with Crippen LogP contribution in [0.3, 0.4) is 0 Å². The molecule has 0 fully saturated rings. The van der Waals surface area contributed by atoms with Gasteiger partial charge >= 0.3 is 0 Å². The van der Waals surface area contributed by atoms with Crippen LogP contribution < -0.4 is 4.74 Å². The minimum Gasteiger partial charge on any atom is -0.456 e. The third kappa shape index (κ3) is 2.55. The highest BCUT2D eigenvalue weighted by Gasteiger charge is 2.37. The first-order valence-corrected chi connectivity index (χ1v) is 12.6. The van der Waals surface area contributed by atoms with Gasteiger partial charge in [0.2, 0.25) is 0 Å². The Bertz CT molecular complexity index is 1880. The predicted octanol–water partition coefficient (Wildman–Crippen LogP) is 9.74. The molecule has 1 aliphatic heterocycles. The summed E-state index contributed by atoms with van der Waals surface area (Å²) in [6.07, 6.45) is 0. The molecule has 170 valence electrons. The molecule has 0 saturated heterocycles. The van der Waals surface area contributed by atoms with Crippen molar-refractivity contribution in [2.24, 2.45) is 0 Å². The second-order valence-electron chi connectivity index (χ2n) is 10.6. The van der Waals surface area contributed by atoms with Gasteiger partial charge in [-0.05, 0) is 79.4 Å². The molecule has 0 N–H and O–H groups in total. The summed E-state index contributed by atoms with van der Waals surface area (Å²) in [6.45, 7) is 4.73. The van der Waals surface area contributed by atoms with Crippen LogP contribution >= 0.6 is 0 Å².